The summed E-state index contributed by atoms with van der Waals surface area (Å²) in [6.45, 7) is 6.63. The summed E-state index contributed by atoms with van der Waals surface area (Å²) in [5.41, 5.74) is 3.80. The predicted octanol–water partition coefficient (Wildman–Crippen LogP) is 2.09. The third-order valence-corrected chi connectivity index (χ3v) is 3.91. The van der Waals surface area contributed by atoms with Crippen LogP contribution in [0.2, 0.25) is 0 Å². The minimum atomic E-state index is 0.542. The summed E-state index contributed by atoms with van der Waals surface area (Å²) in [6.07, 6.45) is 6.12. The smallest absolute Gasteiger partial charge is 0.148 e. The second-order valence-corrected chi connectivity index (χ2v) is 4.92. The Bertz CT molecular complexity index is 406. The number of nitrogens with two attached hydrogens (primary N) is 1. The standard InChI is InChI=1S/C13H23N5/c1-4-10-7-6-9(3)18(10)13-11(5-2)12(17-14)15-8-16-13/h8-10H,4-7,14H2,1-3H3,(H,15,16,17). The second kappa shape index (κ2) is 5.52. The SMILES string of the molecule is CCc1c(NN)ncnc1N1C(C)CCC1CC. The number of nitrogens with zero attached hydrogens (tertiary/aromatic N) is 3. The lowest BCUT2D eigenvalue weighted by Crippen LogP contribution is -2.36. The van der Waals surface area contributed by atoms with E-state index in [1.165, 1.54) is 12.8 Å². The lowest BCUT2D eigenvalue weighted by atomic mass is 10.1. The van der Waals surface area contributed by atoms with Gasteiger partial charge in [-0.05, 0) is 32.6 Å². The van der Waals surface area contributed by atoms with Gasteiger partial charge in [-0.25, -0.2) is 15.8 Å². The Balaban J connectivity index is 2.43. The normalized spacial score (nSPS) is 23.4. The molecule has 2 rings (SSSR count). The third kappa shape index (κ3) is 2.14. The molecule has 2 unspecified atom stereocenters. The molecule has 1 aromatic rings. The van der Waals surface area contributed by atoms with E-state index in [0.717, 1.165) is 30.0 Å². The van der Waals surface area contributed by atoms with E-state index in [0.29, 0.717) is 12.1 Å². The fraction of sp³-hybridized carbons (Fsp3) is 0.692. The molecule has 0 aliphatic carbocycles. The van der Waals surface area contributed by atoms with E-state index in [-0.39, 0.29) is 0 Å². The highest BCUT2D eigenvalue weighted by Gasteiger charge is 2.32. The molecule has 5 heteroatoms. The van der Waals surface area contributed by atoms with Crippen LogP contribution in [0.4, 0.5) is 11.6 Å². The molecule has 1 aliphatic rings. The first kappa shape index (κ1) is 13.1. The van der Waals surface area contributed by atoms with Crippen LogP contribution in [0.15, 0.2) is 6.33 Å². The van der Waals surface area contributed by atoms with E-state index in [4.69, 9.17) is 5.84 Å². The monoisotopic (exact) mass is 249 g/mol. The van der Waals surface area contributed by atoms with Crippen molar-refractivity contribution in [1.82, 2.24) is 9.97 Å². The van der Waals surface area contributed by atoms with Gasteiger partial charge in [-0.3, -0.25) is 0 Å². The molecule has 2 heterocycles. The number of anilines is 2. The maximum Gasteiger partial charge on any atom is 0.148 e. The molecule has 1 saturated heterocycles. The van der Waals surface area contributed by atoms with Gasteiger partial charge >= 0.3 is 0 Å². The van der Waals surface area contributed by atoms with Crippen molar-refractivity contribution < 1.29 is 0 Å². The molecule has 3 N–H and O–H groups in total. The van der Waals surface area contributed by atoms with E-state index in [2.05, 4.69) is 41.1 Å². The van der Waals surface area contributed by atoms with Crippen molar-refractivity contribution in [3.8, 4) is 0 Å². The number of hydrazine groups is 1. The first-order valence-electron chi connectivity index (χ1n) is 6.81. The van der Waals surface area contributed by atoms with Gasteiger partial charge in [0.25, 0.3) is 0 Å². The van der Waals surface area contributed by atoms with Gasteiger partial charge in [0.2, 0.25) is 0 Å². The molecule has 2 atom stereocenters. The summed E-state index contributed by atoms with van der Waals surface area (Å²) in [4.78, 5) is 11.2. The van der Waals surface area contributed by atoms with E-state index in [9.17, 15) is 0 Å². The van der Waals surface area contributed by atoms with Crippen LogP contribution in [0.25, 0.3) is 0 Å². The molecule has 0 amide bonds. The summed E-state index contributed by atoms with van der Waals surface area (Å²) >= 11 is 0. The number of hydrogen-bond donors (Lipinski definition) is 2. The van der Waals surface area contributed by atoms with Crippen LogP contribution in [0.3, 0.4) is 0 Å². The van der Waals surface area contributed by atoms with Crippen LogP contribution in [0, 0.1) is 0 Å². The number of nitrogen functional groups attached to an aromatic ring is 1. The quantitative estimate of drug-likeness (QED) is 0.632. The van der Waals surface area contributed by atoms with Gasteiger partial charge in [0, 0.05) is 17.6 Å². The van der Waals surface area contributed by atoms with Gasteiger partial charge in [0.05, 0.1) is 0 Å². The van der Waals surface area contributed by atoms with Gasteiger partial charge in [-0.15, -0.1) is 0 Å². The van der Waals surface area contributed by atoms with Crippen LogP contribution in [-0.2, 0) is 6.42 Å². The van der Waals surface area contributed by atoms with Crippen molar-refractivity contribution in [2.24, 2.45) is 5.84 Å². The number of aromatic nitrogens is 2. The van der Waals surface area contributed by atoms with Crippen molar-refractivity contribution in [3.63, 3.8) is 0 Å². The van der Waals surface area contributed by atoms with Crippen LogP contribution < -0.4 is 16.2 Å². The molecule has 100 valence electrons. The zero-order valence-corrected chi connectivity index (χ0v) is 11.5. The fourth-order valence-electron chi connectivity index (χ4n) is 2.93. The van der Waals surface area contributed by atoms with Gasteiger partial charge in [0.1, 0.15) is 18.0 Å². The van der Waals surface area contributed by atoms with Gasteiger partial charge in [0.15, 0.2) is 0 Å². The first-order valence-corrected chi connectivity index (χ1v) is 6.81. The maximum absolute atomic E-state index is 5.54. The van der Waals surface area contributed by atoms with Crippen molar-refractivity contribution in [2.75, 3.05) is 10.3 Å². The molecule has 5 nitrogen and oxygen atoms in total. The van der Waals surface area contributed by atoms with E-state index in [1.54, 1.807) is 6.33 Å². The Morgan fingerprint density at radius 3 is 2.78 bits per heavy atom. The zero-order chi connectivity index (χ0) is 13.1. The molecule has 0 bridgehead atoms. The minimum absolute atomic E-state index is 0.542. The van der Waals surface area contributed by atoms with Crippen LogP contribution in [0.5, 0.6) is 0 Å². The summed E-state index contributed by atoms with van der Waals surface area (Å²) in [5.74, 6) is 7.34. The lowest BCUT2D eigenvalue weighted by molar-refractivity contribution is 0.617. The lowest BCUT2D eigenvalue weighted by Gasteiger charge is -2.31. The highest BCUT2D eigenvalue weighted by Crippen LogP contribution is 2.34. The second-order valence-electron chi connectivity index (χ2n) is 4.92. The van der Waals surface area contributed by atoms with E-state index in [1.807, 2.05) is 0 Å². The topological polar surface area (TPSA) is 67.1 Å². The summed E-state index contributed by atoms with van der Waals surface area (Å²) in [7, 11) is 0. The highest BCUT2D eigenvalue weighted by molar-refractivity contribution is 5.59. The van der Waals surface area contributed by atoms with Crippen molar-refractivity contribution in [2.45, 2.75) is 58.5 Å². The minimum Gasteiger partial charge on any atom is -0.351 e. The van der Waals surface area contributed by atoms with Crippen LogP contribution >= 0.6 is 0 Å². The van der Waals surface area contributed by atoms with Crippen molar-refractivity contribution >= 4 is 11.6 Å². The fourth-order valence-corrected chi connectivity index (χ4v) is 2.93. The maximum atomic E-state index is 5.54. The Morgan fingerprint density at radius 2 is 2.17 bits per heavy atom. The average Bonchev–Trinajstić information content (AvgIpc) is 2.78. The Morgan fingerprint density at radius 1 is 1.39 bits per heavy atom. The molecule has 18 heavy (non-hydrogen) atoms. The number of rotatable bonds is 4. The Labute approximate surface area is 109 Å². The predicted molar refractivity (Wildman–Crippen MR) is 74.5 cm³/mol. The molecule has 1 aliphatic heterocycles. The summed E-state index contributed by atoms with van der Waals surface area (Å²) in [6, 6.07) is 1.13. The highest BCUT2D eigenvalue weighted by atomic mass is 15.3. The average molecular weight is 249 g/mol. The van der Waals surface area contributed by atoms with Crippen LogP contribution in [0.1, 0.15) is 45.6 Å². The number of nitrogens with one attached hydrogen (secondary N) is 1. The van der Waals surface area contributed by atoms with E-state index < -0.39 is 0 Å². The van der Waals surface area contributed by atoms with Crippen LogP contribution in [-0.4, -0.2) is 22.1 Å². The molecule has 0 aromatic carbocycles. The Kier molecular flexibility index (Phi) is 4.01. The van der Waals surface area contributed by atoms with Crippen molar-refractivity contribution in [1.29, 1.82) is 0 Å². The third-order valence-electron chi connectivity index (χ3n) is 3.91. The molecular weight excluding hydrogens is 226 g/mol. The van der Waals surface area contributed by atoms with E-state index >= 15 is 0 Å². The molecular formula is C13H23N5. The zero-order valence-electron chi connectivity index (χ0n) is 11.5. The molecule has 1 aromatic heterocycles. The van der Waals surface area contributed by atoms with Gasteiger partial charge in [-0.1, -0.05) is 13.8 Å². The first-order chi connectivity index (χ1) is 8.72. The Hall–Kier alpha value is -1.36. The summed E-state index contributed by atoms with van der Waals surface area (Å²) in [5, 5.41) is 0. The molecule has 0 radical (unpaired) electrons. The molecule has 1 fully saturated rings. The molecule has 0 spiro atoms. The van der Waals surface area contributed by atoms with Crippen molar-refractivity contribution in [3.05, 3.63) is 11.9 Å². The van der Waals surface area contributed by atoms with Gasteiger partial charge < -0.3 is 10.3 Å². The van der Waals surface area contributed by atoms with Gasteiger partial charge in [-0.2, -0.15) is 0 Å². The number of hydrogen-bond acceptors (Lipinski definition) is 5. The largest absolute Gasteiger partial charge is 0.351 e. The molecule has 0 saturated carbocycles. The summed E-state index contributed by atoms with van der Waals surface area (Å²) < 4.78 is 0.